The molecule has 0 aliphatic heterocycles. The number of rotatable bonds is 2. The zero-order valence-electron chi connectivity index (χ0n) is 9.39. The van der Waals surface area contributed by atoms with Crippen LogP contribution in [0.1, 0.15) is 0 Å². The van der Waals surface area contributed by atoms with E-state index in [1.165, 1.54) is 7.05 Å². The van der Waals surface area contributed by atoms with Gasteiger partial charge in [0.1, 0.15) is 11.2 Å². The Morgan fingerprint density at radius 1 is 1.11 bits per heavy atom. The van der Waals surface area contributed by atoms with Crippen molar-refractivity contribution in [3.05, 3.63) is 41.5 Å². The van der Waals surface area contributed by atoms with Crippen LogP contribution < -0.4 is 22.4 Å². The van der Waals surface area contributed by atoms with Crippen LogP contribution in [0.2, 0.25) is 0 Å². The first-order chi connectivity index (χ1) is 8.47. The minimum absolute atomic E-state index is 0.109. The Morgan fingerprint density at radius 3 is 2.39 bits per heavy atom. The Kier molecular flexibility index (Phi) is 2.75. The molecule has 9 heteroatoms. The Morgan fingerprint density at radius 2 is 1.78 bits per heavy atom. The van der Waals surface area contributed by atoms with Crippen molar-refractivity contribution in [2.45, 2.75) is 6.54 Å². The molecular weight excluding hydrogens is 244 g/mol. The van der Waals surface area contributed by atoms with Gasteiger partial charge in [-0.15, -0.1) is 0 Å². The Balaban J connectivity index is 3.12. The molecule has 0 saturated heterocycles. The molecule has 0 fully saturated rings. The van der Waals surface area contributed by atoms with Crippen molar-refractivity contribution in [2.24, 2.45) is 7.05 Å². The van der Waals surface area contributed by atoms with Crippen LogP contribution in [-0.2, 0) is 13.6 Å². The van der Waals surface area contributed by atoms with Gasteiger partial charge in [-0.2, -0.15) is 0 Å². The maximum Gasteiger partial charge on any atom is 0.329 e. The molecule has 96 valence electrons. The molecule has 2 heterocycles. The summed E-state index contributed by atoms with van der Waals surface area (Å²) in [5.41, 5.74) is -3.67. The van der Waals surface area contributed by atoms with Crippen LogP contribution in [0.25, 0.3) is 11.2 Å². The molecule has 2 aromatic heterocycles. The van der Waals surface area contributed by atoms with Gasteiger partial charge >= 0.3 is 16.8 Å². The molecule has 0 aliphatic rings. The lowest BCUT2D eigenvalue weighted by Gasteiger charge is -2.07. The second-order valence-electron chi connectivity index (χ2n) is 3.65. The van der Waals surface area contributed by atoms with E-state index in [4.69, 9.17) is 5.11 Å². The number of aromatic amines is 2. The Labute approximate surface area is 97.9 Å². The Bertz CT molecular complexity index is 837. The molecule has 0 unspecified atom stereocenters. The summed E-state index contributed by atoms with van der Waals surface area (Å²) in [5.74, 6) is 0. The number of hydrogen-bond acceptors (Lipinski definition) is 5. The van der Waals surface area contributed by atoms with E-state index in [-0.39, 0.29) is 17.7 Å². The number of aromatic nitrogens is 4. The highest BCUT2D eigenvalue weighted by atomic mass is 16.3. The number of fused-ring (bicyclic) bond motifs is 1. The van der Waals surface area contributed by atoms with Crippen molar-refractivity contribution < 1.29 is 5.11 Å². The third-order valence-corrected chi connectivity index (χ3v) is 2.56. The number of H-pyrrole nitrogens is 2. The number of hydrogen-bond donors (Lipinski definition) is 3. The van der Waals surface area contributed by atoms with Crippen LogP contribution in [0.15, 0.2) is 19.2 Å². The maximum absolute atomic E-state index is 11.8. The van der Waals surface area contributed by atoms with E-state index >= 15 is 0 Å². The van der Waals surface area contributed by atoms with Gasteiger partial charge in [-0.05, 0) is 0 Å². The molecule has 0 aromatic carbocycles. The first-order valence-electron chi connectivity index (χ1n) is 5.04. The summed E-state index contributed by atoms with van der Waals surface area (Å²) in [7, 11) is 1.24. The molecule has 2 aromatic rings. The quantitative estimate of drug-likeness (QED) is 0.494. The van der Waals surface area contributed by atoms with E-state index in [1.54, 1.807) is 0 Å². The summed E-state index contributed by atoms with van der Waals surface area (Å²) < 4.78 is 1.63. The van der Waals surface area contributed by atoms with Gasteiger partial charge in [-0.3, -0.25) is 28.5 Å². The standard InChI is InChI=1S/C9H10N4O5/c1-12-7(16)4-5(11-9(12)18)13(2-3-14)8(17)6(15)10-4/h14H,2-3H2,1H3,(H,10,15)(H,11,18). The van der Waals surface area contributed by atoms with Gasteiger partial charge < -0.3 is 10.1 Å². The zero-order chi connectivity index (χ0) is 13.4. The highest BCUT2D eigenvalue weighted by molar-refractivity contribution is 5.67. The highest BCUT2D eigenvalue weighted by Gasteiger charge is 2.12. The molecular formula is C9H10N4O5. The van der Waals surface area contributed by atoms with E-state index in [9.17, 15) is 19.2 Å². The second-order valence-corrected chi connectivity index (χ2v) is 3.65. The van der Waals surface area contributed by atoms with E-state index in [0.29, 0.717) is 0 Å². The molecule has 3 N–H and O–H groups in total. The van der Waals surface area contributed by atoms with Crippen molar-refractivity contribution in [3.8, 4) is 0 Å². The second kappa shape index (κ2) is 4.11. The van der Waals surface area contributed by atoms with Gasteiger partial charge in [-0.25, -0.2) is 4.79 Å². The van der Waals surface area contributed by atoms with Crippen LogP contribution in [0.5, 0.6) is 0 Å². The van der Waals surface area contributed by atoms with Gasteiger partial charge in [0, 0.05) is 7.05 Å². The lowest BCUT2D eigenvalue weighted by molar-refractivity contribution is 0.275. The lowest BCUT2D eigenvalue weighted by atomic mass is 10.4. The fourth-order valence-electron chi connectivity index (χ4n) is 1.63. The average molecular weight is 254 g/mol. The van der Waals surface area contributed by atoms with Crippen molar-refractivity contribution in [2.75, 3.05) is 6.61 Å². The molecule has 2 rings (SSSR count). The fourth-order valence-corrected chi connectivity index (χ4v) is 1.63. The summed E-state index contributed by atoms with van der Waals surface area (Å²) in [4.78, 5) is 50.6. The minimum atomic E-state index is -0.986. The molecule has 0 atom stereocenters. The van der Waals surface area contributed by atoms with Crippen molar-refractivity contribution >= 4 is 11.2 Å². The van der Waals surface area contributed by atoms with E-state index in [2.05, 4.69) is 9.97 Å². The van der Waals surface area contributed by atoms with Gasteiger partial charge in [0.2, 0.25) is 0 Å². The number of aliphatic hydroxyl groups is 1. The van der Waals surface area contributed by atoms with Crippen LogP contribution in [0.3, 0.4) is 0 Å². The first-order valence-corrected chi connectivity index (χ1v) is 5.04. The number of aliphatic hydroxyl groups excluding tert-OH is 1. The summed E-state index contributed by atoms with van der Waals surface area (Å²) in [6.07, 6.45) is 0. The predicted molar refractivity (Wildman–Crippen MR) is 61.8 cm³/mol. The number of nitrogens with zero attached hydrogens (tertiary/aromatic N) is 2. The molecule has 0 saturated carbocycles. The molecule has 0 amide bonds. The molecule has 9 nitrogen and oxygen atoms in total. The molecule has 0 bridgehead atoms. The van der Waals surface area contributed by atoms with E-state index in [0.717, 1.165) is 9.13 Å². The Hall–Kier alpha value is -2.42. The molecule has 18 heavy (non-hydrogen) atoms. The largest absolute Gasteiger partial charge is 0.395 e. The minimum Gasteiger partial charge on any atom is -0.395 e. The van der Waals surface area contributed by atoms with Crippen molar-refractivity contribution in [1.82, 2.24) is 19.1 Å². The highest BCUT2D eigenvalue weighted by Crippen LogP contribution is 1.95. The third kappa shape index (κ3) is 1.61. The van der Waals surface area contributed by atoms with Gasteiger partial charge in [0.25, 0.3) is 5.56 Å². The molecule has 0 radical (unpaired) electrons. The molecule has 0 spiro atoms. The van der Waals surface area contributed by atoms with Crippen molar-refractivity contribution in [1.29, 1.82) is 0 Å². The van der Waals surface area contributed by atoms with Crippen LogP contribution in [-0.4, -0.2) is 30.8 Å². The van der Waals surface area contributed by atoms with Crippen LogP contribution >= 0.6 is 0 Å². The van der Waals surface area contributed by atoms with Gasteiger partial charge in [0.05, 0.1) is 13.2 Å². The first kappa shape index (κ1) is 12.0. The maximum atomic E-state index is 11.8. The summed E-state index contributed by atoms with van der Waals surface area (Å²) in [6, 6.07) is 0. The lowest BCUT2D eigenvalue weighted by Crippen LogP contribution is -2.42. The van der Waals surface area contributed by atoms with Crippen LogP contribution in [0, 0.1) is 0 Å². The normalized spacial score (nSPS) is 11.0. The number of nitrogens with one attached hydrogen (secondary N) is 2. The van der Waals surface area contributed by atoms with Crippen LogP contribution in [0.4, 0.5) is 0 Å². The summed E-state index contributed by atoms with van der Waals surface area (Å²) in [5, 5.41) is 8.84. The summed E-state index contributed by atoms with van der Waals surface area (Å²) in [6.45, 7) is -0.599. The monoisotopic (exact) mass is 254 g/mol. The zero-order valence-corrected chi connectivity index (χ0v) is 9.39. The van der Waals surface area contributed by atoms with E-state index in [1.807, 2.05) is 0 Å². The predicted octanol–water partition coefficient (Wildman–Crippen LogP) is -2.93. The summed E-state index contributed by atoms with van der Waals surface area (Å²) >= 11 is 0. The topological polar surface area (TPSA) is 130 Å². The third-order valence-electron chi connectivity index (χ3n) is 2.56. The average Bonchev–Trinajstić information content (AvgIpc) is 2.34. The molecule has 0 aliphatic carbocycles. The van der Waals surface area contributed by atoms with Gasteiger partial charge in [0.15, 0.2) is 0 Å². The smallest absolute Gasteiger partial charge is 0.329 e. The fraction of sp³-hybridized carbons (Fsp3) is 0.333. The van der Waals surface area contributed by atoms with E-state index < -0.39 is 29.0 Å². The van der Waals surface area contributed by atoms with Crippen molar-refractivity contribution in [3.63, 3.8) is 0 Å². The SMILES string of the molecule is Cn1c(=O)[nH]c2c([nH]c(=O)c(=O)n2CCO)c1=O. The van der Waals surface area contributed by atoms with Gasteiger partial charge in [-0.1, -0.05) is 0 Å².